The predicted molar refractivity (Wildman–Crippen MR) is 82.5 cm³/mol. The van der Waals surface area contributed by atoms with Crippen LogP contribution >= 0.6 is 11.3 Å². The molecule has 0 amide bonds. The highest BCUT2D eigenvalue weighted by atomic mass is 32.1. The maximum absolute atomic E-state index is 12.4. The molecule has 0 bridgehead atoms. The second-order valence-corrected chi connectivity index (χ2v) is 7.02. The van der Waals surface area contributed by atoms with Crippen LogP contribution in [0.1, 0.15) is 52.2 Å². The van der Waals surface area contributed by atoms with Gasteiger partial charge in [0, 0.05) is 17.0 Å². The van der Waals surface area contributed by atoms with E-state index in [-0.39, 0.29) is 11.7 Å². The largest absolute Gasteiger partial charge is 0.397 e. The number of nitrogen functional groups attached to an aromatic ring is 1. The molecular weight excluding hydrogens is 268 g/mol. The molecule has 2 aromatic rings. The van der Waals surface area contributed by atoms with E-state index in [9.17, 15) is 4.79 Å². The Kier molecular flexibility index (Phi) is 2.64. The summed E-state index contributed by atoms with van der Waals surface area (Å²) in [5.41, 5.74) is 10.9. The van der Waals surface area contributed by atoms with Crippen molar-refractivity contribution in [2.24, 2.45) is 5.92 Å². The van der Waals surface area contributed by atoms with Crippen LogP contribution in [0.3, 0.4) is 0 Å². The van der Waals surface area contributed by atoms with Crippen LogP contribution < -0.4 is 5.73 Å². The minimum absolute atomic E-state index is 0.224. The minimum atomic E-state index is 0.224. The van der Waals surface area contributed by atoms with Crippen molar-refractivity contribution in [1.29, 1.82) is 0 Å². The van der Waals surface area contributed by atoms with Gasteiger partial charge in [-0.2, -0.15) is 0 Å². The number of pyridine rings is 1. The zero-order valence-electron chi connectivity index (χ0n) is 11.7. The van der Waals surface area contributed by atoms with Crippen LogP contribution in [0.5, 0.6) is 0 Å². The van der Waals surface area contributed by atoms with Gasteiger partial charge in [-0.05, 0) is 56.6 Å². The van der Waals surface area contributed by atoms with Crippen molar-refractivity contribution in [3.05, 3.63) is 21.7 Å². The number of nitrogens with two attached hydrogens (primary N) is 1. The first-order valence-corrected chi connectivity index (χ1v) is 8.23. The predicted octanol–water partition coefficient (Wildman–Crippen LogP) is 3.66. The zero-order valence-corrected chi connectivity index (χ0v) is 12.5. The molecule has 0 saturated heterocycles. The van der Waals surface area contributed by atoms with E-state index < -0.39 is 0 Å². The lowest BCUT2D eigenvalue weighted by molar-refractivity contribution is 0.0972. The highest BCUT2D eigenvalue weighted by Crippen LogP contribution is 2.43. The molecular formula is C16H18N2OS. The van der Waals surface area contributed by atoms with E-state index in [1.54, 1.807) is 0 Å². The summed E-state index contributed by atoms with van der Waals surface area (Å²) in [6, 6.07) is 0. The van der Waals surface area contributed by atoms with E-state index in [1.807, 2.05) is 0 Å². The van der Waals surface area contributed by atoms with Crippen molar-refractivity contribution in [2.75, 3.05) is 5.73 Å². The number of anilines is 1. The first-order chi connectivity index (χ1) is 9.66. The summed E-state index contributed by atoms with van der Waals surface area (Å²) >= 11 is 1.50. The summed E-state index contributed by atoms with van der Waals surface area (Å²) in [6.07, 6.45) is 6.68. The molecule has 2 aliphatic carbocycles. The van der Waals surface area contributed by atoms with Crippen molar-refractivity contribution in [1.82, 2.24) is 4.98 Å². The average Bonchev–Trinajstić information content (AvgIpc) is 3.24. The van der Waals surface area contributed by atoms with Gasteiger partial charge in [-0.3, -0.25) is 4.79 Å². The third-order valence-electron chi connectivity index (χ3n) is 4.57. The molecule has 0 aromatic carbocycles. The second-order valence-electron chi connectivity index (χ2n) is 6.02. The van der Waals surface area contributed by atoms with E-state index in [2.05, 4.69) is 6.92 Å². The maximum atomic E-state index is 12.4. The molecule has 20 heavy (non-hydrogen) atoms. The Morgan fingerprint density at radius 1 is 1.25 bits per heavy atom. The van der Waals surface area contributed by atoms with Gasteiger partial charge in [0.2, 0.25) is 0 Å². The molecule has 104 valence electrons. The number of nitrogens with zero attached hydrogens (tertiary/aromatic N) is 1. The lowest BCUT2D eigenvalue weighted by atomic mass is 9.89. The third-order valence-corrected chi connectivity index (χ3v) is 5.69. The normalized spacial score (nSPS) is 18.2. The van der Waals surface area contributed by atoms with E-state index in [0.29, 0.717) is 5.69 Å². The Labute approximate surface area is 122 Å². The van der Waals surface area contributed by atoms with E-state index in [4.69, 9.17) is 10.7 Å². The molecule has 1 fully saturated rings. The van der Waals surface area contributed by atoms with E-state index in [1.165, 1.54) is 35.3 Å². The molecule has 4 heteroatoms. The second kappa shape index (κ2) is 4.29. The number of carbonyl (C=O) groups excluding carboxylic acids is 1. The molecule has 3 nitrogen and oxygen atoms in total. The van der Waals surface area contributed by atoms with Gasteiger partial charge in [-0.25, -0.2) is 4.98 Å². The number of ketones is 1. The first kappa shape index (κ1) is 12.3. The molecule has 2 aromatic heterocycles. The summed E-state index contributed by atoms with van der Waals surface area (Å²) in [4.78, 5) is 18.8. The Hall–Kier alpha value is -1.42. The average molecular weight is 286 g/mol. The van der Waals surface area contributed by atoms with Crippen LogP contribution in [0.2, 0.25) is 0 Å². The lowest BCUT2D eigenvalue weighted by Gasteiger charge is -2.18. The summed E-state index contributed by atoms with van der Waals surface area (Å²) in [6.45, 7) is 2.09. The SMILES string of the molecule is Cc1nc2sc(C(=O)C3CC3)c(N)c2c2c1CCCC2. The molecule has 1 saturated carbocycles. The monoisotopic (exact) mass is 286 g/mol. The van der Waals surface area contributed by atoms with E-state index >= 15 is 0 Å². The Morgan fingerprint density at radius 2 is 1.95 bits per heavy atom. The Bertz CT molecular complexity index is 728. The number of carbonyl (C=O) groups is 1. The lowest BCUT2D eigenvalue weighted by Crippen LogP contribution is -2.08. The van der Waals surface area contributed by atoms with Gasteiger partial charge in [0.15, 0.2) is 5.78 Å². The smallest absolute Gasteiger partial charge is 0.178 e. The molecule has 2 N–H and O–H groups in total. The summed E-state index contributed by atoms with van der Waals surface area (Å²) < 4.78 is 0. The first-order valence-electron chi connectivity index (χ1n) is 7.41. The Balaban J connectivity index is 1.97. The number of hydrogen-bond donors (Lipinski definition) is 1. The van der Waals surface area contributed by atoms with Crippen molar-refractivity contribution in [3.63, 3.8) is 0 Å². The highest BCUT2D eigenvalue weighted by molar-refractivity contribution is 7.21. The number of hydrogen-bond acceptors (Lipinski definition) is 4. The maximum Gasteiger partial charge on any atom is 0.178 e. The number of fused-ring (bicyclic) bond motifs is 3. The Morgan fingerprint density at radius 3 is 2.65 bits per heavy atom. The van der Waals surface area contributed by atoms with Crippen LogP contribution in [0.15, 0.2) is 0 Å². The van der Waals surface area contributed by atoms with Crippen LogP contribution in [0, 0.1) is 12.8 Å². The molecule has 0 unspecified atom stereocenters. The number of thiophene rings is 1. The van der Waals surface area contributed by atoms with Crippen molar-refractivity contribution >= 4 is 33.0 Å². The van der Waals surface area contributed by atoms with Gasteiger partial charge in [0.05, 0.1) is 10.6 Å². The van der Waals surface area contributed by atoms with Gasteiger partial charge in [-0.15, -0.1) is 11.3 Å². The zero-order chi connectivity index (χ0) is 13.9. The molecule has 0 radical (unpaired) electrons. The molecule has 2 heterocycles. The molecule has 0 aliphatic heterocycles. The summed E-state index contributed by atoms with van der Waals surface area (Å²) in [5, 5.41) is 1.08. The van der Waals surface area contributed by atoms with Gasteiger partial charge in [0.1, 0.15) is 4.83 Å². The fraction of sp³-hybridized carbons (Fsp3) is 0.500. The van der Waals surface area contributed by atoms with Gasteiger partial charge in [0.25, 0.3) is 0 Å². The van der Waals surface area contributed by atoms with Crippen LogP contribution in [0.25, 0.3) is 10.2 Å². The van der Waals surface area contributed by atoms with Crippen molar-refractivity contribution in [2.45, 2.75) is 45.4 Å². The van der Waals surface area contributed by atoms with Gasteiger partial charge >= 0.3 is 0 Å². The molecule has 0 atom stereocenters. The third kappa shape index (κ3) is 1.71. The van der Waals surface area contributed by atoms with Crippen LogP contribution in [-0.2, 0) is 12.8 Å². The quantitative estimate of drug-likeness (QED) is 0.857. The van der Waals surface area contributed by atoms with Gasteiger partial charge in [-0.1, -0.05) is 0 Å². The van der Waals surface area contributed by atoms with Crippen LogP contribution in [-0.4, -0.2) is 10.8 Å². The number of rotatable bonds is 2. The number of Topliss-reactive ketones (excluding diaryl/α,β-unsaturated/α-hetero) is 1. The summed E-state index contributed by atoms with van der Waals surface area (Å²) in [5.74, 6) is 0.468. The number of aromatic nitrogens is 1. The topological polar surface area (TPSA) is 56.0 Å². The summed E-state index contributed by atoms with van der Waals surface area (Å²) in [7, 11) is 0. The highest BCUT2D eigenvalue weighted by Gasteiger charge is 2.34. The minimum Gasteiger partial charge on any atom is -0.397 e. The number of aryl methyl sites for hydroxylation is 2. The van der Waals surface area contributed by atoms with Crippen molar-refractivity contribution < 1.29 is 4.79 Å². The van der Waals surface area contributed by atoms with Crippen molar-refractivity contribution in [3.8, 4) is 0 Å². The standard InChI is InChI=1S/C16H18N2OS/c1-8-10-4-2-3-5-11(10)12-13(17)15(20-16(12)18-8)14(19)9-6-7-9/h9H,2-7,17H2,1H3. The molecule has 2 aliphatic rings. The van der Waals surface area contributed by atoms with E-state index in [0.717, 1.165) is 46.5 Å². The fourth-order valence-corrected chi connectivity index (χ4v) is 4.51. The fourth-order valence-electron chi connectivity index (χ4n) is 3.32. The molecule has 4 rings (SSSR count). The molecule has 0 spiro atoms. The van der Waals surface area contributed by atoms with Gasteiger partial charge < -0.3 is 5.73 Å². The van der Waals surface area contributed by atoms with Crippen LogP contribution in [0.4, 0.5) is 5.69 Å².